The second-order valence-electron chi connectivity index (χ2n) is 2.84. The predicted molar refractivity (Wildman–Crippen MR) is 54.2 cm³/mol. The molecule has 17 heavy (non-hydrogen) atoms. The quantitative estimate of drug-likeness (QED) is 0.749. The summed E-state index contributed by atoms with van der Waals surface area (Å²) in [5.41, 5.74) is -2.62. The highest BCUT2D eigenvalue weighted by molar-refractivity contribution is 8.13. The normalized spacial score (nSPS) is 12.2. The lowest BCUT2D eigenvalue weighted by Gasteiger charge is -2.13. The van der Waals surface area contributed by atoms with E-state index in [4.69, 9.17) is 27.5 Å². The molecule has 1 aromatic rings. The number of benzene rings is 1. The molecule has 3 nitrogen and oxygen atoms in total. The first-order valence-corrected chi connectivity index (χ1v) is 6.52. The summed E-state index contributed by atoms with van der Waals surface area (Å²) in [7, 11) is 0.247. The Bertz CT molecular complexity index is 604. The molecule has 1 aromatic carbocycles. The van der Waals surface area contributed by atoms with Gasteiger partial charge in [-0.1, -0.05) is 11.6 Å². The molecule has 0 spiro atoms. The third-order valence-electron chi connectivity index (χ3n) is 1.77. The molecule has 9 heteroatoms. The van der Waals surface area contributed by atoms with Crippen LogP contribution in [-0.4, -0.2) is 8.42 Å². The van der Waals surface area contributed by atoms with Crippen molar-refractivity contribution < 1.29 is 21.6 Å². The van der Waals surface area contributed by atoms with Gasteiger partial charge in [-0.2, -0.15) is 18.4 Å². The first-order chi connectivity index (χ1) is 7.59. The van der Waals surface area contributed by atoms with Crippen molar-refractivity contribution in [1.29, 1.82) is 5.26 Å². The highest BCUT2D eigenvalue weighted by Crippen LogP contribution is 2.40. The molecule has 0 unspecified atom stereocenters. The third kappa shape index (κ3) is 2.83. The van der Waals surface area contributed by atoms with Crippen molar-refractivity contribution in [2.24, 2.45) is 0 Å². The maximum absolute atomic E-state index is 12.7. The zero-order chi connectivity index (χ0) is 13.4. The van der Waals surface area contributed by atoms with Crippen LogP contribution >= 0.6 is 22.3 Å². The maximum Gasteiger partial charge on any atom is 0.419 e. The predicted octanol–water partition coefficient (Wildman–Crippen LogP) is 3.16. The summed E-state index contributed by atoms with van der Waals surface area (Å²) < 4.78 is 60.0. The average molecular weight is 304 g/mol. The molecule has 0 saturated carbocycles. The van der Waals surface area contributed by atoms with Gasteiger partial charge in [0.05, 0.1) is 21.0 Å². The molecular weight excluding hydrogens is 302 g/mol. The van der Waals surface area contributed by atoms with E-state index in [1.54, 1.807) is 0 Å². The molecule has 0 bridgehead atoms. The van der Waals surface area contributed by atoms with Gasteiger partial charge in [-0.15, -0.1) is 0 Å². The molecule has 0 aliphatic rings. The van der Waals surface area contributed by atoms with Crippen molar-refractivity contribution in [3.63, 3.8) is 0 Å². The van der Waals surface area contributed by atoms with Gasteiger partial charge >= 0.3 is 6.18 Å². The van der Waals surface area contributed by atoms with Crippen molar-refractivity contribution in [2.75, 3.05) is 0 Å². The van der Waals surface area contributed by atoms with E-state index in [2.05, 4.69) is 0 Å². The van der Waals surface area contributed by atoms with Crippen molar-refractivity contribution in [3.05, 3.63) is 28.3 Å². The Morgan fingerprint density at radius 1 is 1.29 bits per heavy atom. The largest absolute Gasteiger partial charge is 0.419 e. The van der Waals surface area contributed by atoms with E-state index in [1.807, 2.05) is 0 Å². The molecule has 0 amide bonds. The molecular formula is C8H2Cl2F3NO2S. The second kappa shape index (κ2) is 4.37. The first-order valence-electron chi connectivity index (χ1n) is 3.83. The number of rotatable bonds is 1. The lowest BCUT2D eigenvalue weighted by Crippen LogP contribution is -2.13. The Labute approximate surface area is 104 Å². The number of halogens is 5. The van der Waals surface area contributed by atoms with Crippen molar-refractivity contribution in [2.45, 2.75) is 11.1 Å². The zero-order valence-corrected chi connectivity index (χ0v) is 10.0. The van der Waals surface area contributed by atoms with E-state index in [0.717, 1.165) is 6.07 Å². The number of hydrogen-bond donors (Lipinski definition) is 0. The highest BCUT2D eigenvalue weighted by atomic mass is 35.7. The van der Waals surface area contributed by atoms with Gasteiger partial charge in [0.2, 0.25) is 0 Å². The number of nitriles is 1. The summed E-state index contributed by atoms with van der Waals surface area (Å²) in [5, 5.41) is 8.08. The number of alkyl halides is 3. The van der Waals surface area contributed by atoms with Crippen molar-refractivity contribution >= 4 is 31.3 Å². The van der Waals surface area contributed by atoms with Gasteiger partial charge in [-0.3, -0.25) is 0 Å². The SMILES string of the molecule is N#Cc1c(Cl)ccc(S(=O)(=O)Cl)c1C(F)(F)F. The van der Waals surface area contributed by atoms with Gasteiger partial charge in [0.1, 0.15) is 6.07 Å². The topological polar surface area (TPSA) is 57.9 Å². The van der Waals surface area contributed by atoms with Crippen LogP contribution in [0.25, 0.3) is 0 Å². The van der Waals surface area contributed by atoms with Gasteiger partial charge in [-0.05, 0) is 12.1 Å². The van der Waals surface area contributed by atoms with Crippen LogP contribution in [0, 0.1) is 11.3 Å². The van der Waals surface area contributed by atoms with Gasteiger partial charge in [0.25, 0.3) is 9.05 Å². The number of hydrogen-bond acceptors (Lipinski definition) is 3. The van der Waals surface area contributed by atoms with Gasteiger partial charge in [-0.25, -0.2) is 8.42 Å². The molecule has 0 aliphatic heterocycles. The minimum absolute atomic E-state index is 0.496. The van der Waals surface area contributed by atoms with E-state index >= 15 is 0 Å². The van der Waals surface area contributed by atoms with Gasteiger partial charge in [0.15, 0.2) is 0 Å². The maximum atomic E-state index is 12.7. The van der Waals surface area contributed by atoms with Gasteiger partial charge < -0.3 is 0 Å². The molecule has 0 atom stereocenters. The molecule has 0 radical (unpaired) electrons. The summed E-state index contributed by atoms with van der Waals surface area (Å²) in [6.45, 7) is 0. The fourth-order valence-electron chi connectivity index (χ4n) is 1.15. The van der Waals surface area contributed by atoms with Crippen LogP contribution in [0.2, 0.25) is 5.02 Å². The molecule has 0 N–H and O–H groups in total. The second-order valence-corrected chi connectivity index (χ2v) is 5.78. The minimum atomic E-state index is -5.05. The minimum Gasteiger partial charge on any atom is -0.207 e. The van der Waals surface area contributed by atoms with Crippen LogP contribution in [0.1, 0.15) is 11.1 Å². The Balaban J connectivity index is 3.85. The molecule has 0 saturated heterocycles. The van der Waals surface area contributed by atoms with E-state index in [9.17, 15) is 21.6 Å². The summed E-state index contributed by atoms with van der Waals surface area (Å²) in [6.07, 6.45) is -5.05. The zero-order valence-electron chi connectivity index (χ0n) is 7.72. The molecule has 0 aliphatic carbocycles. The Morgan fingerprint density at radius 3 is 2.18 bits per heavy atom. The standard InChI is InChI=1S/C8H2Cl2F3NO2S/c9-5-1-2-6(17(10,15)16)7(4(5)3-14)8(11,12)13/h1-2H. The number of nitrogens with zero attached hydrogens (tertiary/aromatic N) is 1. The fourth-order valence-corrected chi connectivity index (χ4v) is 2.43. The molecule has 92 valence electrons. The monoisotopic (exact) mass is 303 g/mol. The van der Waals surface area contributed by atoms with E-state index < -0.39 is 36.3 Å². The van der Waals surface area contributed by atoms with Crippen LogP contribution in [0.3, 0.4) is 0 Å². The van der Waals surface area contributed by atoms with Crippen LogP contribution in [0.15, 0.2) is 17.0 Å². The molecule has 0 fully saturated rings. The van der Waals surface area contributed by atoms with E-state index in [-0.39, 0.29) is 0 Å². The lowest BCUT2D eigenvalue weighted by molar-refractivity contribution is -0.140. The smallest absolute Gasteiger partial charge is 0.207 e. The van der Waals surface area contributed by atoms with Crippen LogP contribution in [-0.2, 0) is 15.2 Å². The Kier molecular flexibility index (Phi) is 3.62. The van der Waals surface area contributed by atoms with Gasteiger partial charge in [0, 0.05) is 10.7 Å². The summed E-state index contributed by atoms with van der Waals surface area (Å²) in [4.78, 5) is -1.19. The van der Waals surface area contributed by atoms with Crippen molar-refractivity contribution in [1.82, 2.24) is 0 Å². The average Bonchev–Trinajstić information content (AvgIpc) is 2.13. The highest BCUT2D eigenvalue weighted by Gasteiger charge is 2.40. The Morgan fingerprint density at radius 2 is 1.82 bits per heavy atom. The lowest BCUT2D eigenvalue weighted by atomic mass is 10.1. The van der Waals surface area contributed by atoms with Crippen molar-refractivity contribution in [3.8, 4) is 6.07 Å². The fraction of sp³-hybridized carbons (Fsp3) is 0.125. The molecule has 0 heterocycles. The summed E-state index contributed by atoms with van der Waals surface area (Å²) >= 11 is 5.40. The van der Waals surface area contributed by atoms with E-state index in [1.165, 1.54) is 6.07 Å². The molecule has 1 rings (SSSR count). The van der Waals surface area contributed by atoms with Crippen LogP contribution in [0.5, 0.6) is 0 Å². The summed E-state index contributed by atoms with van der Waals surface area (Å²) in [6, 6.07) is 2.68. The molecule has 0 aromatic heterocycles. The third-order valence-corrected chi connectivity index (χ3v) is 3.45. The Hall–Kier alpha value is -0.970. The van der Waals surface area contributed by atoms with E-state index in [0.29, 0.717) is 6.07 Å². The first kappa shape index (κ1) is 14.1. The van der Waals surface area contributed by atoms with Crippen LogP contribution < -0.4 is 0 Å². The van der Waals surface area contributed by atoms with Crippen LogP contribution in [0.4, 0.5) is 13.2 Å². The summed E-state index contributed by atoms with van der Waals surface area (Å²) in [5.74, 6) is 0.